The molecule has 0 amide bonds. The number of aromatic amines is 1. The molecule has 0 unspecified atom stereocenters. The lowest BCUT2D eigenvalue weighted by molar-refractivity contribution is 0.459. The van der Waals surface area contributed by atoms with Gasteiger partial charge >= 0.3 is 0 Å². The molecule has 4 nitrogen and oxygen atoms in total. The number of aryl methyl sites for hydroxylation is 1. The predicted molar refractivity (Wildman–Crippen MR) is 80.0 cm³/mol. The first-order valence-electron chi connectivity index (χ1n) is 6.59. The van der Waals surface area contributed by atoms with E-state index in [9.17, 15) is 5.11 Å². The quantitative estimate of drug-likeness (QED) is 0.653. The normalized spacial score (nSPS) is 11.4. The summed E-state index contributed by atoms with van der Waals surface area (Å²) in [4.78, 5) is 2.98. The van der Waals surface area contributed by atoms with Crippen LogP contribution < -0.4 is 0 Å². The summed E-state index contributed by atoms with van der Waals surface area (Å²) >= 11 is 0. The molecule has 100 valence electrons. The number of aromatic nitrogens is 1. The molecule has 2 aromatic carbocycles. The number of rotatable bonds is 3. The van der Waals surface area contributed by atoms with Gasteiger partial charge in [0.15, 0.2) is 5.69 Å². The molecule has 0 radical (unpaired) electrons. The van der Waals surface area contributed by atoms with Gasteiger partial charge < -0.3 is 10.1 Å². The summed E-state index contributed by atoms with van der Waals surface area (Å²) in [5.41, 5.74) is 3.32. The lowest BCUT2D eigenvalue weighted by Gasteiger charge is -1.97. The highest BCUT2D eigenvalue weighted by atomic mass is 16.3. The van der Waals surface area contributed by atoms with Gasteiger partial charge in [0.1, 0.15) is 0 Å². The molecule has 0 aliphatic rings. The van der Waals surface area contributed by atoms with Gasteiger partial charge in [0.2, 0.25) is 5.88 Å². The van der Waals surface area contributed by atoms with Gasteiger partial charge in [0.25, 0.3) is 0 Å². The largest absolute Gasteiger partial charge is 0.493 e. The Labute approximate surface area is 116 Å². The van der Waals surface area contributed by atoms with Gasteiger partial charge in [-0.2, -0.15) is 5.11 Å². The number of para-hydroxylation sites is 1. The standard InChI is InChI=1S/C16H15N3O/c1-2-11-7-6-10-13-14(11)17-16(20)15(13)19-18-12-8-4-3-5-9-12/h3-10,17,20H,2H2,1H3. The predicted octanol–water partition coefficient (Wildman–Crippen LogP) is 4.85. The molecule has 0 saturated heterocycles. The minimum Gasteiger partial charge on any atom is -0.493 e. The molecule has 0 spiro atoms. The van der Waals surface area contributed by atoms with Crippen molar-refractivity contribution in [1.29, 1.82) is 0 Å². The lowest BCUT2D eigenvalue weighted by Crippen LogP contribution is -1.80. The van der Waals surface area contributed by atoms with Crippen molar-refractivity contribution in [2.24, 2.45) is 10.2 Å². The highest BCUT2D eigenvalue weighted by Crippen LogP contribution is 2.37. The lowest BCUT2D eigenvalue weighted by atomic mass is 10.1. The van der Waals surface area contributed by atoms with Crippen LogP contribution in [0.2, 0.25) is 0 Å². The molecule has 0 aliphatic heterocycles. The van der Waals surface area contributed by atoms with Gasteiger partial charge in [-0.25, -0.2) is 0 Å². The molecule has 1 aromatic heterocycles. The van der Waals surface area contributed by atoms with Gasteiger partial charge in [-0.05, 0) is 24.1 Å². The van der Waals surface area contributed by atoms with Crippen molar-refractivity contribution < 1.29 is 5.11 Å². The minimum atomic E-state index is 0.0561. The van der Waals surface area contributed by atoms with Gasteiger partial charge in [0, 0.05) is 5.39 Å². The molecule has 0 bridgehead atoms. The van der Waals surface area contributed by atoms with Crippen molar-refractivity contribution in [3.05, 3.63) is 54.1 Å². The number of hydrogen-bond acceptors (Lipinski definition) is 3. The number of fused-ring (bicyclic) bond motifs is 1. The van der Waals surface area contributed by atoms with Crippen LogP contribution >= 0.6 is 0 Å². The van der Waals surface area contributed by atoms with E-state index in [1.165, 1.54) is 0 Å². The number of hydrogen-bond donors (Lipinski definition) is 2. The van der Waals surface area contributed by atoms with Crippen molar-refractivity contribution in [3.8, 4) is 5.88 Å². The topological polar surface area (TPSA) is 60.7 Å². The first kappa shape index (κ1) is 12.4. The van der Waals surface area contributed by atoms with Gasteiger partial charge in [-0.1, -0.05) is 43.3 Å². The van der Waals surface area contributed by atoms with E-state index >= 15 is 0 Å². The second kappa shape index (κ2) is 5.17. The third-order valence-corrected chi connectivity index (χ3v) is 3.28. The molecule has 0 aliphatic carbocycles. The Morgan fingerprint density at radius 2 is 1.80 bits per heavy atom. The fraction of sp³-hybridized carbons (Fsp3) is 0.125. The number of H-pyrrole nitrogens is 1. The molecule has 1 heterocycles. The van der Waals surface area contributed by atoms with E-state index in [2.05, 4.69) is 22.1 Å². The van der Waals surface area contributed by atoms with Crippen molar-refractivity contribution in [3.63, 3.8) is 0 Å². The van der Waals surface area contributed by atoms with Crippen molar-refractivity contribution >= 4 is 22.3 Å². The number of benzene rings is 2. The van der Waals surface area contributed by atoms with Crippen LogP contribution in [-0.2, 0) is 6.42 Å². The van der Waals surface area contributed by atoms with Crippen molar-refractivity contribution in [2.75, 3.05) is 0 Å². The Morgan fingerprint density at radius 1 is 1.00 bits per heavy atom. The van der Waals surface area contributed by atoms with E-state index in [0.717, 1.165) is 28.6 Å². The van der Waals surface area contributed by atoms with Crippen LogP contribution in [-0.4, -0.2) is 10.1 Å². The first-order chi connectivity index (χ1) is 9.79. The smallest absolute Gasteiger partial charge is 0.218 e. The van der Waals surface area contributed by atoms with E-state index in [1.807, 2.05) is 48.5 Å². The summed E-state index contributed by atoms with van der Waals surface area (Å²) in [5, 5.41) is 19.3. The van der Waals surface area contributed by atoms with E-state index in [4.69, 9.17) is 0 Å². The van der Waals surface area contributed by atoms with Crippen LogP contribution in [0.5, 0.6) is 5.88 Å². The number of nitrogens with one attached hydrogen (secondary N) is 1. The Kier molecular flexibility index (Phi) is 3.21. The molecule has 0 fully saturated rings. The Bertz CT molecular complexity index is 760. The summed E-state index contributed by atoms with van der Waals surface area (Å²) in [7, 11) is 0. The summed E-state index contributed by atoms with van der Waals surface area (Å²) in [5.74, 6) is 0.0561. The average Bonchev–Trinajstić information content (AvgIpc) is 2.81. The monoisotopic (exact) mass is 265 g/mol. The van der Waals surface area contributed by atoms with Crippen molar-refractivity contribution in [1.82, 2.24) is 4.98 Å². The van der Waals surface area contributed by atoms with E-state index in [1.54, 1.807) is 0 Å². The highest BCUT2D eigenvalue weighted by Gasteiger charge is 2.12. The second-order valence-corrected chi connectivity index (χ2v) is 4.55. The number of aromatic hydroxyl groups is 1. The van der Waals surface area contributed by atoms with E-state index < -0.39 is 0 Å². The average molecular weight is 265 g/mol. The van der Waals surface area contributed by atoms with E-state index in [-0.39, 0.29) is 5.88 Å². The zero-order chi connectivity index (χ0) is 13.9. The van der Waals surface area contributed by atoms with Gasteiger partial charge in [0.05, 0.1) is 11.2 Å². The third-order valence-electron chi connectivity index (χ3n) is 3.28. The highest BCUT2D eigenvalue weighted by molar-refractivity contribution is 5.96. The zero-order valence-corrected chi connectivity index (χ0v) is 11.2. The van der Waals surface area contributed by atoms with Crippen LogP contribution in [0.25, 0.3) is 10.9 Å². The Morgan fingerprint density at radius 3 is 2.55 bits per heavy atom. The van der Waals surface area contributed by atoms with Crippen molar-refractivity contribution in [2.45, 2.75) is 13.3 Å². The van der Waals surface area contributed by atoms with Crippen LogP contribution in [0.1, 0.15) is 12.5 Å². The van der Waals surface area contributed by atoms with Gasteiger partial charge in [-0.3, -0.25) is 0 Å². The second-order valence-electron chi connectivity index (χ2n) is 4.55. The Hall–Kier alpha value is -2.62. The molecular weight excluding hydrogens is 250 g/mol. The molecule has 3 aromatic rings. The van der Waals surface area contributed by atoms with Crippen LogP contribution in [0.15, 0.2) is 58.8 Å². The fourth-order valence-corrected chi connectivity index (χ4v) is 2.25. The van der Waals surface area contributed by atoms with Gasteiger partial charge in [-0.15, -0.1) is 5.11 Å². The summed E-state index contributed by atoms with van der Waals surface area (Å²) < 4.78 is 0. The summed E-state index contributed by atoms with van der Waals surface area (Å²) in [6.45, 7) is 2.08. The van der Waals surface area contributed by atoms with Crippen LogP contribution in [0.3, 0.4) is 0 Å². The van der Waals surface area contributed by atoms with E-state index in [0.29, 0.717) is 5.69 Å². The number of nitrogens with zero attached hydrogens (tertiary/aromatic N) is 2. The fourth-order valence-electron chi connectivity index (χ4n) is 2.25. The molecular formula is C16H15N3O. The maximum atomic E-state index is 10.0. The summed E-state index contributed by atoms with van der Waals surface area (Å²) in [6, 6.07) is 15.4. The Balaban J connectivity index is 2.08. The molecule has 20 heavy (non-hydrogen) atoms. The minimum absolute atomic E-state index is 0.0561. The molecule has 2 N–H and O–H groups in total. The zero-order valence-electron chi connectivity index (χ0n) is 11.2. The third kappa shape index (κ3) is 2.16. The molecule has 0 atom stereocenters. The first-order valence-corrected chi connectivity index (χ1v) is 6.59. The van der Waals surface area contributed by atoms with Crippen LogP contribution in [0.4, 0.5) is 11.4 Å². The summed E-state index contributed by atoms with van der Waals surface area (Å²) in [6.07, 6.45) is 0.895. The van der Waals surface area contributed by atoms with Crippen LogP contribution in [0, 0.1) is 0 Å². The molecule has 0 saturated carbocycles. The SMILES string of the molecule is CCc1cccc2c(N=Nc3ccccc3)c(O)[nH]c12. The molecule has 4 heteroatoms. The maximum absolute atomic E-state index is 10.0. The molecule has 3 rings (SSSR count). The number of azo groups is 1. The maximum Gasteiger partial charge on any atom is 0.218 e.